The highest BCUT2D eigenvalue weighted by Gasteiger charge is 2.07. The molecule has 0 aliphatic carbocycles. The van der Waals surface area contributed by atoms with Crippen LogP contribution in [0.25, 0.3) is 0 Å². The molecule has 1 rings (SSSR count). The van der Waals surface area contributed by atoms with Gasteiger partial charge in [-0.1, -0.05) is 20.8 Å². The van der Waals surface area contributed by atoms with Gasteiger partial charge in [0.15, 0.2) is 4.77 Å². The van der Waals surface area contributed by atoms with Crippen molar-refractivity contribution in [2.75, 3.05) is 13.2 Å². The van der Waals surface area contributed by atoms with E-state index in [1.807, 2.05) is 6.20 Å². The van der Waals surface area contributed by atoms with Gasteiger partial charge in [-0.2, -0.15) is 0 Å². The van der Waals surface area contributed by atoms with Gasteiger partial charge < -0.3 is 14.3 Å². The van der Waals surface area contributed by atoms with E-state index in [9.17, 15) is 0 Å². The lowest BCUT2D eigenvalue weighted by atomic mass is 10.1. The fourth-order valence-corrected chi connectivity index (χ4v) is 1.94. The molecule has 0 unspecified atom stereocenters. The standard InChI is InChI=1S/C12H22N2OS/c1-4-7-15-8-5-6-14-11(10(2)3)9-13-12(14)16/h9-10H,4-8H2,1-3H3,(H,13,16). The SMILES string of the molecule is CCCOCCCn1c(C(C)C)c[nH]c1=S. The van der Waals surface area contributed by atoms with E-state index in [1.165, 1.54) is 5.69 Å². The average molecular weight is 242 g/mol. The smallest absolute Gasteiger partial charge is 0.177 e. The molecular weight excluding hydrogens is 220 g/mol. The van der Waals surface area contributed by atoms with Crippen LogP contribution in [0.4, 0.5) is 0 Å². The number of hydrogen-bond acceptors (Lipinski definition) is 2. The fraction of sp³-hybridized carbons (Fsp3) is 0.750. The van der Waals surface area contributed by atoms with Crippen LogP contribution in [-0.4, -0.2) is 22.8 Å². The molecular formula is C12H22N2OS. The van der Waals surface area contributed by atoms with Crippen molar-refractivity contribution in [3.63, 3.8) is 0 Å². The van der Waals surface area contributed by atoms with Crippen LogP contribution in [0, 0.1) is 4.77 Å². The summed E-state index contributed by atoms with van der Waals surface area (Å²) in [7, 11) is 0. The Labute approximate surface area is 103 Å². The minimum absolute atomic E-state index is 0.504. The Hall–Kier alpha value is -0.610. The van der Waals surface area contributed by atoms with E-state index < -0.39 is 0 Å². The molecule has 1 aromatic heterocycles. The molecule has 16 heavy (non-hydrogen) atoms. The van der Waals surface area contributed by atoms with Crippen molar-refractivity contribution < 1.29 is 4.74 Å². The molecule has 4 heteroatoms. The zero-order valence-corrected chi connectivity index (χ0v) is 11.3. The predicted octanol–water partition coefficient (Wildman–Crippen LogP) is 3.49. The lowest BCUT2D eigenvalue weighted by Crippen LogP contribution is -2.07. The molecule has 1 N–H and O–H groups in total. The maximum absolute atomic E-state index is 5.46. The summed E-state index contributed by atoms with van der Waals surface area (Å²) < 4.78 is 8.46. The van der Waals surface area contributed by atoms with E-state index in [0.29, 0.717) is 5.92 Å². The minimum atomic E-state index is 0.504. The first-order chi connectivity index (χ1) is 7.66. The Bertz CT molecular complexity index is 354. The second-order valence-electron chi connectivity index (χ2n) is 4.29. The van der Waals surface area contributed by atoms with Crippen molar-refractivity contribution in [1.82, 2.24) is 9.55 Å². The number of nitrogens with one attached hydrogen (secondary N) is 1. The zero-order valence-electron chi connectivity index (χ0n) is 10.5. The summed E-state index contributed by atoms with van der Waals surface area (Å²) in [4.78, 5) is 3.11. The van der Waals surface area contributed by atoms with Gasteiger partial charge in [-0.05, 0) is 31.0 Å². The van der Waals surface area contributed by atoms with Gasteiger partial charge >= 0.3 is 0 Å². The molecule has 0 saturated carbocycles. The second kappa shape index (κ2) is 6.86. The van der Waals surface area contributed by atoms with Crippen LogP contribution < -0.4 is 0 Å². The summed E-state index contributed by atoms with van der Waals surface area (Å²) in [5.41, 5.74) is 1.28. The van der Waals surface area contributed by atoms with Crippen molar-refractivity contribution in [2.24, 2.45) is 0 Å². The Kier molecular flexibility index (Phi) is 5.77. The molecule has 0 radical (unpaired) electrons. The maximum atomic E-state index is 5.46. The Morgan fingerprint density at radius 3 is 2.81 bits per heavy atom. The maximum Gasteiger partial charge on any atom is 0.177 e. The van der Waals surface area contributed by atoms with Gasteiger partial charge in [0, 0.05) is 31.6 Å². The van der Waals surface area contributed by atoms with Gasteiger partial charge in [-0.3, -0.25) is 0 Å². The van der Waals surface area contributed by atoms with Crippen molar-refractivity contribution in [1.29, 1.82) is 0 Å². The first-order valence-electron chi connectivity index (χ1n) is 6.02. The highest BCUT2D eigenvalue weighted by atomic mass is 32.1. The Balaban J connectivity index is 2.46. The van der Waals surface area contributed by atoms with Crippen LogP contribution in [0.2, 0.25) is 0 Å². The first kappa shape index (κ1) is 13.5. The number of aromatic nitrogens is 2. The quantitative estimate of drug-likeness (QED) is 0.586. The van der Waals surface area contributed by atoms with Gasteiger partial charge in [0.05, 0.1) is 0 Å². The number of aromatic amines is 1. The van der Waals surface area contributed by atoms with E-state index >= 15 is 0 Å². The number of hydrogen-bond donors (Lipinski definition) is 1. The van der Waals surface area contributed by atoms with E-state index in [4.69, 9.17) is 17.0 Å². The van der Waals surface area contributed by atoms with Crippen LogP contribution in [0.1, 0.15) is 45.2 Å². The Morgan fingerprint density at radius 1 is 1.44 bits per heavy atom. The minimum Gasteiger partial charge on any atom is -0.381 e. The fourth-order valence-electron chi connectivity index (χ4n) is 1.69. The molecule has 0 aliphatic rings. The number of ether oxygens (including phenoxy) is 1. The third-order valence-corrected chi connectivity index (χ3v) is 2.85. The molecule has 1 heterocycles. The summed E-state index contributed by atoms with van der Waals surface area (Å²) in [6, 6.07) is 0. The monoisotopic (exact) mass is 242 g/mol. The van der Waals surface area contributed by atoms with E-state index in [-0.39, 0.29) is 0 Å². The molecule has 0 amide bonds. The molecule has 3 nitrogen and oxygen atoms in total. The van der Waals surface area contributed by atoms with Crippen LogP contribution in [0.15, 0.2) is 6.20 Å². The molecule has 0 bridgehead atoms. The molecule has 1 aromatic rings. The van der Waals surface area contributed by atoms with Gasteiger partial charge in [-0.25, -0.2) is 0 Å². The zero-order chi connectivity index (χ0) is 12.0. The number of H-pyrrole nitrogens is 1. The molecule has 0 aliphatic heterocycles. The summed E-state index contributed by atoms with van der Waals surface area (Å²) >= 11 is 5.26. The largest absolute Gasteiger partial charge is 0.381 e. The normalized spacial score (nSPS) is 11.2. The van der Waals surface area contributed by atoms with E-state index in [1.54, 1.807) is 0 Å². The highest BCUT2D eigenvalue weighted by molar-refractivity contribution is 7.71. The van der Waals surface area contributed by atoms with Gasteiger partial charge in [0.2, 0.25) is 0 Å². The van der Waals surface area contributed by atoms with E-state index in [2.05, 4.69) is 30.3 Å². The average Bonchev–Trinajstić information content (AvgIpc) is 2.60. The topological polar surface area (TPSA) is 29.9 Å². The van der Waals surface area contributed by atoms with Crippen LogP contribution in [0.3, 0.4) is 0 Å². The third-order valence-electron chi connectivity index (χ3n) is 2.51. The van der Waals surface area contributed by atoms with E-state index in [0.717, 1.165) is 37.4 Å². The molecule has 92 valence electrons. The number of nitrogens with zero attached hydrogens (tertiary/aromatic N) is 1. The number of imidazole rings is 1. The van der Waals surface area contributed by atoms with Crippen molar-refractivity contribution in [3.8, 4) is 0 Å². The predicted molar refractivity (Wildman–Crippen MR) is 69.4 cm³/mol. The van der Waals surface area contributed by atoms with Crippen molar-refractivity contribution in [3.05, 3.63) is 16.7 Å². The van der Waals surface area contributed by atoms with Crippen molar-refractivity contribution in [2.45, 2.75) is 46.1 Å². The first-order valence-corrected chi connectivity index (χ1v) is 6.43. The second-order valence-corrected chi connectivity index (χ2v) is 4.68. The van der Waals surface area contributed by atoms with Crippen LogP contribution in [0.5, 0.6) is 0 Å². The van der Waals surface area contributed by atoms with Gasteiger partial charge in [0.25, 0.3) is 0 Å². The third kappa shape index (κ3) is 3.76. The summed E-state index contributed by atoms with van der Waals surface area (Å²) in [6.07, 6.45) is 4.12. The lowest BCUT2D eigenvalue weighted by Gasteiger charge is -2.10. The molecule has 0 spiro atoms. The molecule has 0 fully saturated rings. The summed E-state index contributed by atoms with van der Waals surface area (Å²) in [5.74, 6) is 0.504. The molecule has 0 atom stereocenters. The number of rotatable bonds is 7. The van der Waals surface area contributed by atoms with Crippen LogP contribution in [-0.2, 0) is 11.3 Å². The lowest BCUT2D eigenvalue weighted by molar-refractivity contribution is 0.129. The molecule has 0 saturated heterocycles. The van der Waals surface area contributed by atoms with Crippen LogP contribution >= 0.6 is 12.2 Å². The summed E-state index contributed by atoms with van der Waals surface area (Å²) in [6.45, 7) is 9.11. The highest BCUT2D eigenvalue weighted by Crippen LogP contribution is 2.14. The van der Waals surface area contributed by atoms with Crippen molar-refractivity contribution >= 4 is 12.2 Å². The van der Waals surface area contributed by atoms with Gasteiger partial charge in [0.1, 0.15) is 0 Å². The Morgan fingerprint density at radius 2 is 2.19 bits per heavy atom. The summed E-state index contributed by atoms with van der Waals surface area (Å²) in [5, 5.41) is 0. The van der Waals surface area contributed by atoms with Gasteiger partial charge in [-0.15, -0.1) is 0 Å². The molecule has 0 aromatic carbocycles.